The fourth-order valence-corrected chi connectivity index (χ4v) is 3.24. The minimum absolute atomic E-state index is 0.196. The van der Waals surface area contributed by atoms with Gasteiger partial charge in [0.25, 0.3) is 0 Å². The molecule has 34 heavy (non-hydrogen) atoms. The van der Waals surface area contributed by atoms with Crippen LogP contribution in [0.5, 0.6) is 11.5 Å². The number of anilines is 1. The van der Waals surface area contributed by atoms with Crippen molar-refractivity contribution < 1.29 is 19.1 Å². The number of methoxy groups -OCH3 is 1. The molecule has 0 atom stereocenters. The summed E-state index contributed by atoms with van der Waals surface area (Å²) in [6.45, 7) is 4.47. The molecule has 3 aromatic carbocycles. The van der Waals surface area contributed by atoms with E-state index in [4.69, 9.17) is 20.2 Å². The standard InChI is InChI=1S/C26H30N4O4/c1-18-15-21(19(2)29-34-16-20-9-6-5-7-10-20)13-14-24(18)33-17-22-23(28-26(31)30(3)27)11-8-12-25(22)32-4/h5-15H,16-17,27H2,1-4H3,(H,28,31). The van der Waals surface area contributed by atoms with Crippen LogP contribution >= 0.6 is 0 Å². The summed E-state index contributed by atoms with van der Waals surface area (Å²) >= 11 is 0. The van der Waals surface area contributed by atoms with Crippen LogP contribution in [0.15, 0.2) is 71.9 Å². The third-order valence-corrected chi connectivity index (χ3v) is 5.16. The first-order valence-corrected chi connectivity index (χ1v) is 10.8. The molecule has 8 nitrogen and oxygen atoms in total. The van der Waals surface area contributed by atoms with Crippen molar-refractivity contribution in [2.45, 2.75) is 27.1 Å². The Morgan fingerprint density at radius 1 is 1.03 bits per heavy atom. The van der Waals surface area contributed by atoms with E-state index in [9.17, 15) is 4.79 Å². The van der Waals surface area contributed by atoms with E-state index in [1.807, 2.05) is 68.4 Å². The van der Waals surface area contributed by atoms with E-state index in [2.05, 4.69) is 10.5 Å². The Morgan fingerprint density at radius 2 is 1.79 bits per heavy atom. The molecule has 0 spiro atoms. The lowest BCUT2D eigenvalue weighted by Gasteiger charge is -2.18. The van der Waals surface area contributed by atoms with Gasteiger partial charge in [0.1, 0.15) is 24.7 Å². The number of benzene rings is 3. The highest BCUT2D eigenvalue weighted by molar-refractivity contribution is 5.98. The highest BCUT2D eigenvalue weighted by Crippen LogP contribution is 2.29. The predicted molar refractivity (Wildman–Crippen MR) is 133 cm³/mol. The van der Waals surface area contributed by atoms with Gasteiger partial charge >= 0.3 is 6.03 Å². The predicted octanol–water partition coefficient (Wildman–Crippen LogP) is 4.86. The smallest absolute Gasteiger partial charge is 0.335 e. The van der Waals surface area contributed by atoms with Gasteiger partial charge in [-0.3, -0.25) is 5.01 Å². The Bertz CT molecular complexity index is 1150. The van der Waals surface area contributed by atoms with E-state index in [1.54, 1.807) is 19.2 Å². The third kappa shape index (κ3) is 6.49. The molecule has 0 saturated heterocycles. The molecule has 0 aliphatic heterocycles. The van der Waals surface area contributed by atoms with Crippen LogP contribution in [-0.4, -0.2) is 30.9 Å². The lowest BCUT2D eigenvalue weighted by atomic mass is 10.1. The van der Waals surface area contributed by atoms with Crippen molar-refractivity contribution >= 4 is 17.4 Å². The summed E-state index contributed by atoms with van der Waals surface area (Å²) in [5, 5.41) is 7.97. The van der Waals surface area contributed by atoms with Crippen molar-refractivity contribution in [3.05, 3.63) is 89.0 Å². The molecule has 0 bridgehead atoms. The van der Waals surface area contributed by atoms with E-state index < -0.39 is 6.03 Å². The fraction of sp³-hybridized carbons (Fsp3) is 0.231. The highest BCUT2D eigenvalue weighted by atomic mass is 16.6. The van der Waals surface area contributed by atoms with Gasteiger partial charge in [0.2, 0.25) is 0 Å². The maximum absolute atomic E-state index is 12.0. The number of nitrogens with one attached hydrogen (secondary N) is 1. The van der Waals surface area contributed by atoms with Crippen LogP contribution < -0.4 is 20.6 Å². The molecule has 0 radical (unpaired) electrons. The highest BCUT2D eigenvalue weighted by Gasteiger charge is 2.14. The summed E-state index contributed by atoms with van der Waals surface area (Å²) in [5.74, 6) is 6.84. The molecule has 0 unspecified atom stereocenters. The molecule has 0 fully saturated rings. The Kier molecular flexibility index (Phi) is 8.48. The van der Waals surface area contributed by atoms with E-state index in [1.165, 1.54) is 7.05 Å². The van der Waals surface area contributed by atoms with Crippen molar-refractivity contribution in [1.29, 1.82) is 0 Å². The molecule has 3 N–H and O–H groups in total. The first-order valence-electron chi connectivity index (χ1n) is 10.8. The van der Waals surface area contributed by atoms with Crippen LogP contribution in [0.4, 0.5) is 10.5 Å². The summed E-state index contributed by atoms with van der Waals surface area (Å²) in [6, 6.07) is 20.6. The third-order valence-electron chi connectivity index (χ3n) is 5.16. The van der Waals surface area contributed by atoms with Crippen LogP contribution in [0.1, 0.15) is 29.2 Å². The average Bonchev–Trinajstić information content (AvgIpc) is 2.84. The Hall–Kier alpha value is -4.04. The van der Waals surface area contributed by atoms with Crippen LogP contribution in [0.25, 0.3) is 0 Å². The molecule has 0 aliphatic carbocycles. The van der Waals surface area contributed by atoms with Crippen molar-refractivity contribution in [3.63, 3.8) is 0 Å². The second kappa shape index (κ2) is 11.7. The van der Waals surface area contributed by atoms with E-state index >= 15 is 0 Å². The number of amides is 2. The number of rotatable bonds is 9. The summed E-state index contributed by atoms with van der Waals surface area (Å²) < 4.78 is 11.5. The first-order chi connectivity index (χ1) is 16.4. The van der Waals surface area contributed by atoms with E-state index in [-0.39, 0.29) is 6.61 Å². The van der Waals surface area contributed by atoms with Gasteiger partial charge in [0.05, 0.1) is 24.1 Å². The molecule has 8 heteroatoms. The number of hydrogen-bond acceptors (Lipinski definition) is 6. The lowest BCUT2D eigenvalue weighted by Crippen LogP contribution is -2.37. The number of urea groups is 1. The van der Waals surface area contributed by atoms with Crippen molar-refractivity contribution in [1.82, 2.24) is 5.01 Å². The van der Waals surface area contributed by atoms with Gasteiger partial charge < -0.3 is 19.6 Å². The number of hydrazine groups is 1. The molecule has 0 heterocycles. The van der Waals surface area contributed by atoms with Gasteiger partial charge in [-0.1, -0.05) is 41.6 Å². The lowest BCUT2D eigenvalue weighted by molar-refractivity contribution is 0.130. The number of nitrogens with zero attached hydrogens (tertiary/aromatic N) is 2. The normalized spacial score (nSPS) is 11.0. The largest absolute Gasteiger partial charge is 0.496 e. The molecule has 0 saturated carbocycles. The minimum atomic E-state index is -0.445. The van der Waals surface area contributed by atoms with E-state index in [0.29, 0.717) is 29.4 Å². The Balaban J connectivity index is 1.69. The second-order valence-corrected chi connectivity index (χ2v) is 7.73. The zero-order valence-electron chi connectivity index (χ0n) is 19.9. The number of nitrogens with two attached hydrogens (primary N) is 1. The summed E-state index contributed by atoms with van der Waals surface area (Å²) in [4.78, 5) is 17.5. The monoisotopic (exact) mass is 462 g/mol. The van der Waals surface area contributed by atoms with Gasteiger partial charge in [-0.15, -0.1) is 0 Å². The Morgan fingerprint density at radius 3 is 2.47 bits per heavy atom. The van der Waals surface area contributed by atoms with Crippen molar-refractivity contribution in [3.8, 4) is 11.5 Å². The van der Waals surface area contributed by atoms with Gasteiger partial charge in [0.15, 0.2) is 0 Å². The molecule has 2 amide bonds. The Labute approximate surface area is 199 Å². The topological polar surface area (TPSA) is 98.4 Å². The molecule has 0 aliphatic rings. The second-order valence-electron chi connectivity index (χ2n) is 7.73. The molecule has 178 valence electrons. The maximum atomic E-state index is 12.0. The summed E-state index contributed by atoms with van der Waals surface area (Å²) in [7, 11) is 3.04. The summed E-state index contributed by atoms with van der Waals surface area (Å²) in [5.41, 5.74) is 4.98. The minimum Gasteiger partial charge on any atom is -0.496 e. The SMILES string of the molecule is COc1cccc(NC(=O)N(C)N)c1COc1ccc(C(C)=NOCc2ccccc2)cc1C. The molecule has 3 rings (SSSR count). The number of carbonyl (C=O) groups is 1. The van der Waals surface area contributed by atoms with Crippen molar-refractivity contribution in [2.24, 2.45) is 11.0 Å². The quantitative estimate of drug-likeness (QED) is 0.205. The van der Waals surface area contributed by atoms with Gasteiger partial charge in [-0.25, -0.2) is 10.6 Å². The molecule has 3 aromatic rings. The first kappa shape index (κ1) is 24.6. The number of carbonyl (C=O) groups excluding carboxylic acids is 1. The van der Waals surface area contributed by atoms with Gasteiger partial charge in [-0.2, -0.15) is 0 Å². The van der Waals surface area contributed by atoms with Crippen molar-refractivity contribution in [2.75, 3.05) is 19.5 Å². The van der Waals surface area contributed by atoms with Gasteiger partial charge in [0, 0.05) is 7.05 Å². The molecular weight excluding hydrogens is 432 g/mol. The fourth-order valence-electron chi connectivity index (χ4n) is 3.24. The molecule has 0 aromatic heterocycles. The van der Waals surface area contributed by atoms with Crippen LogP contribution in [0, 0.1) is 6.92 Å². The number of hydrogen-bond donors (Lipinski definition) is 2. The zero-order valence-corrected chi connectivity index (χ0v) is 19.9. The zero-order chi connectivity index (χ0) is 24.5. The van der Waals surface area contributed by atoms with Crippen LogP contribution in [0.3, 0.4) is 0 Å². The summed E-state index contributed by atoms with van der Waals surface area (Å²) in [6.07, 6.45) is 0. The number of oxime groups is 1. The van der Waals surface area contributed by atoms with Crippen LogP contribution in [-0.2, 0) is 18.1 Å². The van der Waals surface area contributed by atoms with E-state index in [0.717, 1.165) is 27.4 Å². The number of aryl methyl sites for hydroxylation is 1. The average molecular weight is 463 g/mol. The van der Waals surface area contributed by atoms with Gasteiger partial charge in [-0.05, 0) is 60.9 Å². The molecular formula is C26H30N4O4. The maximum Gasteiger partial charge on any atom is 0.335 e. The van der Waals surface area contributed by atoms with Crippen LogP contribution in [0.2, 0.25) is 0 Å². The number of ether oxygens (including phenoxy) is 2.